The lowest BCUT2D eigenvalue weighted by molar-refractivity contribution is -0.113. The minimum Gasteiger partial charge on any atom is -0.342 e. The van der Waals surface area contributed by atoms with Crippen LogP contribution in [0.2, 0.25) is 5.02 Å². The summed E-state index contributed by atoms with van der Waals surface area (Å²) in [7, 11) is 1.84. The van der Waals surface area contributed by atoms with Gasteiger partial charge in [0, 0.05) is 16.3 Å². The van der Waals surface area contributed by atoms with E-state index < -0.39 is 0 Å². The predicted molar refractivity (Wildman–Crippen MR) is 145 cm³/mol. The monoisotopic (exact) mass is 611 g/mol. The molecule has 2 amide bonds. The quantitative estimate of drug-likeness (QED) is 0.242. The van der Waals surface area contributed by atoms with Gasteiger partial charge in [-0.1, -0.05) is 49.3 Å². The van der Waals surface area contributed by atoms with E-state index in [9.17, 15) is 9.59 Å². The van der Waals surface area contributed by atoms with Crippen molar-refractivity contribution in [1.82, 2.24) is 20.1 Å². The zero-order chi connectivity index (χ0) is 24.8. The number of aromatic nitrogens is 3. The van der Waals surface area contributed by atoms with Gasteiger partial charge in [0.2, 0.25) is 5.91 Å². The molecule has 0 aliphatic carbocycles. The number of nitrogens with zero attached hydrogens (tertiary/aromatic N) is 3. The SMILES string of the molecule is Cc1cc(I)ccc1NC(=O)CSc1nnc([C@H](CC(C)C)NC(=O)c2ccccc2Cl)n1C. The molecule has 0 spiro atoms. The first kappa shape index (κ1) is 26.5. The summed E-state index contributed by atoms with van der Waals surface area (Å²) < 4.78 is 2.94. The number of halogens is 2. The molecule has 0 aliphatic heterocycles. The van der Waals surface area contributed by atoms with E-state index in [1.165, 1.54) is 11.8 Å². The third-order valence-electron chi connectivity index (χ3n) is 5.11. The van der Waals surface area contributed by atoms with E-state index in [0.29, 0.717) is 33.9 Å². The van der Waals surface area contributed by atoms with E-state index in [1.807, 2.05) is 36.7 Å². The molecule has 2 N–H and O–H groups in total. The number of hydrogen-bond donors (Lipinski definition) is 2. The summed E-state index contributed by atoms with van der Waals surface area (Å²) in [6.07, 6.45) is 0.680. The molecule has 0 aliphatic rings. The highest BCUT2D eigenvalue weighted by Crippen LogP contribution is 2.25. The molecule has 3 aromatic rings. The van der Waals surface area contributed by atoms with Crippen molar-refractivity contribution in [2.45, 2.75) is 38.4 Å². The maximum atomic E-state index is 12.9. The number of benzene rings is 2. The first-order chi connectivity index (χ1) is 16.2. The highest BCUT2D eigenvalue weighted by atomic mass is 127. The molecule has 0 saturated carbocycles. The number of aryl methyl sites for hydroxylation is 1. The Bertz CT molecular complexity index is 1180. The third kappa shape index (κ3) is 6.96. The standard InChI is InChI=1S/C24H27ClIN5O2S/c1-14(2)11-20(28-23(33)17-7-5-6-8-18(17)25)22-29-30-24(31(22)4)34-13-21(32)27-19-10-9-16(26)12-15(19)3/h5-10,12,14,20H,11,13H2,1-4H3,(H,27,32)(H,28,33)/t20-/m0/s1. The number of anilines is 1. The number of carbonyl (C=O) groups excluding carboxylic acids is 2. The van der Waals surface area contributed by atoms with E-state index in [4.69, 9.17) is 11.6 Å². The van der Waals surface area contributed by atoms with Gasteiger partial charge in [0.1, 0.15) is 0 Å². The lowest BCUT2D eigenvalue weighted by Crippen LogP contribution is -2.31. The van der Waals surface area contributed by atoms with Crippen LogP contribution in [0.4, 0.5) is 5.69 Å². The van der Waals surface area contributed by atoms with Crippen LogP contribution in [0, 0.1) is 16.4 Å². The van der Waals surface area contributed by atoms with Gasteiger partial charge in [0.05, 0.1) is 22.4 Å². The molecule has 10 heteroatoms. The van der Waals surface area contributed by atoms with E-state index in [0.717, 1.165) is 14.8 Å². The van der Waals surface area contributed by atoms with Crippen LogP contribution >= 0.6 is 46.0 Å². The molecule has 0 bridgehead atoms. The Morgan fingerprint density at radius 3 is 2.59 bits per heavy atom. The molecule has 180 valence electrons. The summed E-state index contributed by atoms with van der Waals surface area (Å²) in [6.45, 7) is 6.13. The number of carbonyl (C=O) groups is 2. The van der Waals surface area contributed by atoms with Gasteiger partial charge in [-0.05, 0) is 77.7 Å². The van der Waals surface area contributed by atoms with Crippen LogP contribution in [0.1, 0.15) is 48.1 Å². The molecule has 34 heavy (non-hydrogen) atoms. The smallest absolute Gasteiger partial charge is 0.253 e. The van der Waals surface area contributed by atoms with Crippen molar-refractivity contribution in [3.8, 4) is 0 Å². The number of hydrogen-bond acceptors (Lipinski definition) is 5. The zero-order valence-corrected chi connectivity index (χ0v) is 23.2. The number of nitrogens with one attached hydrogen (secondary N) is 2. The van der Waals surface area contributed by atoms with Gasteiger partial charge in [-0.3, -0.25) is 9.59 Å². The minimum absolute atomic E-state index is 0.121. The van der Waals surface area contributed by atoms with Crippen LogP contribution < -0.4 is 10.6 Å². The predicted octanol–water partition coefficient (Wildman–Crippen LogP) is 5.63. The second-order valence-electron chi connectivity index (χ2n) is 8.33. The van der Waals surface area contributed by atoms with Gasteiger partial charge in [-0.25, -0.2) is 0 Å². The number of thioether (sulfide) groups is 1. The van der Waals surface area contributed by atoms with Crippen molar-refractivity contribution in [2.75, 3.05) is 11.1 Å². The molecule has 1 aromatic heterocycles. The lowest BCUT2D eigenvalue weighted by atomic mass is 10.0. The zero-order valence-electron chi connectivity index (χ0n) is 19.4. The molecule has 1 atom stereocenters. The Balaban J connectivity index is 1.69. The molecule has 1 heterocycles. The first-order valence-corrected chi connectivity index (χ1v) is 13.2. The molecule has 0 radical (unpaired) electrons. The first-order valence-electron chi connectivity index (χ1n) is 10.8. The molecule has 0 saturated heterocycles. The second-order valence-corrected chi connectivity index (χ2v) is 10.9. The minimum atomic E-state index is -0.348. The Morgan fingerprint density at radius 2 is 1.91 bits per heavy atom. The lowest BCUT2D eigenvalue weighted by Gasteiger charge is -2.20. The molecule has 0 unspecified atom stereocenters. The number of rotatable bonds is 9. The van der Waals surface area contributed by atoms with E-state index in [2.05, 4.69) is 57.3 Å². The molecule has 7 nitrogen and oxygen atoms in total. The van der Waals surface area contributed by atoms with Crippen LogP contribution in [-0.2, 0) is 11.8 Å². The highest BCUT2D eigenvalue weighted by molar-refractivity contribution is 14.1. The summed E-state index contributed by atoms with van der Waals surface area (Å²) >= 11 is 9.74. The fourth-order valence-corrected chi connectivity index (χ4v) is 5.01. The van der Waals surface area contributed by atoms with E-state index in [-0.39, 0.29) is 23.6 Å². The van der Waals surface area contributed by atoms with Crippen LogP contribution in [0.3, 0.4) is 0 Å². The molecular formula is C24H27ClIN5O2S. The van der Waals surface area contributed by atoms with Crippen LogP contribution in [0.25, 0.3) is 0 Å². The topological polar surface area (TPSA) is 88.9 Å². The van der Waals surface area contributed by atoms with Gasteiger partial charge in [0.15, 0.2) is 11.0 Å². The third-order valence-corrected chi connectivity index (χ3v) is 7.13. The Labute approximate surface area is 222 Å². The van der Waals surface area contributed by atoms with Crippen molar-refractivity contribution in [1.29, 1.82) is 0 Å². The summed E-state index contributed by atoms with van der Waals surface area (Å²) in [5.74, 6) is 0.751. The normalized spacial score (nSPS) is 12.0. The van der Waals surface area contributed by atoms with Gasteiger partial charge in [-0.15, -0.1) is 10.2 Å². The van der Waals surface area contributed by atoms with Gasteiger partial charge in [-0.2, -0.15) is 0 Å². The van der Waals surface area contributed by atoms with Crippen LogP contribution in [0.15, 0.2) is 47.6 Å². The van der Waals surface area contributed by atoms with Gasteiger partial charge in [0.25, 0.3) is 5.91 Å². The van der Waals surface area contributed by atoms with Crippen molar-refractivity contribution in [2.24, 2.45) is 13.0 Å². The fourth-order valence-electron chi connectivity index (χ4n) is 3.42. The Kier molecular flexibility index (Phi) is 9.38. The molecule has 2 aromatic carbocycles. The van der Waals surface area contributed by atoms with Crippen molar-refractivity contribution < 1.29 is 9.59 Å². The maximum Gasteiger partial charge on any atom is 0.253 e. The Morgan fingerprint density at radius 1 is 1.18 bits per heavy atom. The van der Waals surface area contributed by atoms with Crippen molar-refractivity contribution >= 4 is 63.5 Å². The van der Waals surface area contributed by atoms with E-state index >= 15 is 0 Å². The second kappa shape index (κ2) is 12.0. The largest absolute Gasteiger partial charge is 0.342 e. The van der Waals surface area contributed by atoms with Gasteiger partial charge < -0.3 is 15.2 Å². The molecular weight excluding hydrogens is 585 g/mol. The molecule has 0 fully saturated rings. The fraction of sp³-hybridized carbons (Fsp3) is 0.333. The van der Waals surface area contributed by atoms with Crippen molar-refractivity contribution in [3.63, 3.8) is 0 Å². The summed E-state index contributed by atoms with van der Waals surface area (Å²) in [6, 6.07) is 12.5. The van der Waals surface area contributed by atoms with Crippen LogP contribution in [0.5, 0.6) is 0 Å². The summed E-state index contributed by atoms with van der Waals surface area (Å²) in [5, 5.41) is 15.6. The van der Waals surface area contributed by atoms with E-state index in [1.54, 1.807) is 24.3 Å². The number of amides is 2. The van der Waals surface area contributed by atoms with Gasteiger partial charge >= 0.3 is 0 Å². The highest BCUT2D eigenvalue weighted by Gasteiger charge is 2.24. The average molecular weight is 612 g/mol. The summed E-state index contributed by atoms with van der Waals surface area (Å²) in [4.78, 5) is 25.4. The maximum absolute atomic E-state index is 12.9. The van der Waals surface area contributed by atoms with Crippen LogP contribution in [-0.4, -0.2) is 32.3 Å². The molecule has 3 rings (SSSR count). The summed E-state index contributed by atoms with van der Waals surface area (Å²) in [5.41, 5.74) is 2.22. The Hall–Kier alpha value is -2.11. The van der Waals surface area contributed by atoms with Crippen molar-refractivity contribution in [3.05, 3.63) is 68.0 Å². The average Bonchev–Trinajstić information content (AvgIpc) is 3.14.